The van der Waals surface area contributed by atoms with Crippen LogP contribution in [0.3, 0.4) is 0 Å². The largest absolute Gasteiger partial charge is 0.460 e. The van der Waals surface area contributed by atoms with Crippen LogP contribution in [0.25, 0.3) is 11.5 Å². The third-order valence-corrected chi connectivity index (χ3v) is 4.40. The van der Waals surface area contributed by atoms with E-state index in [0.29, 0.717) is 30.8 Å². The molecular formula is C20H19FN4O3. The molecule has 0 saturated heterocycles. The van der Waals surface area contributed by atoms with Crippen molar-refractivity contribution in [3.63, 3.8) is 0 Å². The minimum absolute atomic E-state index is 0.251. The molecule has 1 atom stereocenters. The van der Waals surface area contributed by atoms with Gasteiger partial charge in [-0.25, -0.2) is 4.39 Å². The summed E-state index contributed by atoms with van der Waals surface area (Å²) in [5, 5.41) is 13.7. The number of nitrogens with zero attached hydrogens (tertiary/aromatic N) is 2. The molecule has 28 heavy (non-hydrogen) atoms. The van der Waals surface area contributed by atoms with E-state index in [4.69, 9.17) is 9.25 Å². The molecule has 144 valence electrons. The van der Waals surface area contributed by atoms with Crippen LogP contribution in [0, 0.1) is 12.7 Å². The van der Waals surface area contributed by atoms with Crippen LogP contribution >= 0.6 is 0 Å². The zero-order valence-electron chi connectivity index (χ0n) is 15.2. The Balaban J connectivity index is 1.27. The Labute approximate surface area is 160 Å². The molecule has 1 aliphatic heterocycles. The van der Waals surface area contributed by atoms with Gasteiger partial charge in [0, 0.05) is 18.9 Å². The topological polar surface area (TPSA) is 92.5 Å². The maximum Gasteiger partial charge on any atom is 0.271 e. The van der Waals surface area contributed by atoms with Gasteiger partial charge in [-0.1, -0.05) is 17.3 Å². The summed E-state index contributed by atoms with van der Waals surface area (Å²) >= 11 is 0. The molecule has 2 N–H and O–H groups in total. The number of H-pyrrole nitrogens is 1. The van der Waals surface area contributed by atoms with E-state index in [1.54, 1.807) is 12.1 Å². The summed E-state index contributed by atoms with van der Waals surface area (Å²) in [5.41, 5.74) is 2.56. The van der Waals surface area contributed by atoms with E-state index in [2.05, 4.69) is 20.7 Å². The summed E-state index contributed by atoms with van der Waals surface area (Å²) < 4.78 is 18.8. The van der Waals surface area contributed by atoms with Gasteiger partial charge < -0.3 is 14.6 Å². The number of amides is 1. The van der Waals surface area contributed by atoms with Crippen LogP contribution in [-0.4, -0.2) is 34.5 Å². The minimum Gasteiger partial charge on any atom is -0.460 e. The second kappa shape index (κ2) is 7.67. The van der Waals surface area contributed by atoms with Gasteiger partial charge in [0.15, 0.2) is 11.5 Å². The number of hydrogen-bond donors (Lipinski definition) is 2. The van der Waals surface area contributed by atoms with Crippen LogP contribution in [0.2, 0.25) is 0 Å². The fraction of sp³-hybridized carbons (Fsp3) is 0.250. The van der Waals surface area contributed by atoms with Gasteiger partial charge in [-0.2, -0.15) is 5.10 Å². The number of aromatic amines is 1. The molecule has 0 bridgehead atoms. The number of aromatic nitrogens is 2. The molecule has 0 spiro atoms. The first-order valence-corrected chi connectivity index (χ1v) is 8.93. The van der Waals surface area contributed by atoms with Crippen molar-refractivity contribution in [2.24, 2.45) is 5.16 Å². The molecule has 1 aliphatic rings. The van der Waals surface area contributed by atoms with E-state index in [9.17, 15) is 9.18 Å². The summed E-state index contributed by atoms with van der Waals surface area (Å²) in [6.45, 7) is 2.15. The molecule has 2 aromatic heterocycles. The van der Waals surface area contributed by atoms with Crippen molar-refractivity contribution in [2.75, 3.05) is 6.54 Å². The standard InChI is InChI=1S/C20H19FN4O3/c1-12-5-6-19(27-12)17-10-18(24-23-17)20(26)22-11-16-9-15(25-28-16)8-13-3-2-4-14(21)7-13/h2-7,10,16H,8-9,11H2,1H3,(H,22,26)(H,23,24). The molecule has 8 heteroatoms. The predicted molar refractivity (Wildman–Crippen MR) is 100 cm³/mol. The third kappa shape index (κ3) is 4.11. The first kappa shape index (κ1) is 18.0. The molecule has 4 rings (SSSR count). The summed E-state index contributed by atoms with van der Waals surface area (Å²) in [4.78, 5) is 17.7. The summed E-state index contributed by atoms with van der Waals surface area (Å²) in [5.74, 6) is 0.818. The number of carbonyl (C=O) groups excluding carboxylic acids is 1. The number of benzene rings is 1. The van der Waals surface area contributed by atoms with Crippen LogP contribution in [-0.2, 0) is 11.3 Å². The fourth-order valence-corrected chi connectivity index (χ4v) is 3.02. The molecule has 0 saturated carbocycles. The first-order chi connectivity index (χ1) is 13.6. The lowest BCUT2D eigenvalue weighted by atomic mass is 10.0. The van der Waals surface area contributed by atoms with E-state index in [-0.39, 0.29) is 23.5 Å². The molecular weight excluding hydrogens is 363 g/mol. The van der Waals surface area contributed by atoms with E-state index >= 15 is 0 Å². The third-order valence-electron chi connectivity index (χ3n) is 4.40. The first-order valence-electron chi connectivity index (χ1n) is 8.93. The monoisotopic (exact) mass is 382 g/mol. The van der Waals surface area contributed by atoms with Crippen LogP contribution in [0.5, 0.6) is 0 Å². The predicted octanol–water partition coefficient (Wildman–Crippen LogP) is 3.23. The molecule has 3 heterocycles. The number of rotatable bonds is 6. The van der Waals surface area contributed by atoms with Gasteiger partial charge >= 0.3 is 0 Å². The SMILES string of the molecule is Cc1ccc(-c2cc(C(=O)NCC3CC(Cc4cccc(F)c4)=NO3)n[nH]2)o1. The van der Waals surface area contributed by atoms with Gasteiger partial charge in [-0.05, 0) is 36.8 Å². The molecule has 1 aromatic carbocycles. The van der Waals surface area contributed by atoms with Gasteiger partial charge in [0.2, 0.25) is 0 Å². The molecule has 7 nitrogen and oxygen atoms in total. The summed E-state index contributed by atoms with van der Waals surface area (Å²) in [6.07, 6.45) is 0.848. The van der Waals surface area contributed by atoms with E-state index < -0.39 is 0 Å². The Morgan fingerprint density at radius 2 is 2.21 bits per heavy atom. The lowest BCUT2D eigenvalue weighted by Crippen LogP contribution is -2.32. The van der Waals surface area contributed by atoms with E-state index in [0.717, 1.165) is 17.0 Å². The van der Waals surface area contributed by atoms with Gasteiger partial charge in [-0.15, -0.1) is 0 Å². The molecule has 1 amide bonds. The zero-order chi connectivity index (χ0) is 19.5. The normalized spacial score (nSPS) is 15.9. The minimum atomic E-state index is -0.312. The van der Waals surface area contributed by atoms with Gasteiger partial charge in [0.1, 0.15) is 23.4 Å². The number of hydrogen-bond acceptors (Lipinski definition) is 5. The van der Waals surface area contributed by atoms with E-state index in [1.807, 2.05) is 25.1 Å². The highest BCUT2D eigenvalue weighted by Gasteiger charge is 2.23. The molecule has 0 fully saturated rings. The Kier molecular flexibility index (Phi) is 4.92. The van der Waals surface area contributed by atoms with Crippen LogP contribution in [0.1, 0.15) is 28.2 Å². The Hall–Kier alpha value is -3.42. The average molecular weight is 382 g/mol. The Morgan fingerprint density at radius 1 is 1.32 bits per heavy atom. The fourth-order valence-electron chi connectivity index (χ4n) is 3.02. The molecule has 0 aliphatic carbocycles. The highest BCUT2D eigenvalue weighted by molar-refractivity contribution is 5.93. The van der Waals surface area contributed by atoms with Gasteiger partial charge in [-0.3, -0.25) is 9.89 Å². The molecule has 1 unspecified atom stereocenters. The number of nitrogens with one attached hydrogen (secondary N) is 2. The van der Waals surface area contributed by atoms with Crippen molar-refractivity contribution in [3.05, 3.63) is 65.3 Å². The van der Waals surface area contributed by atoms with Crippen molar-refractivity contribution in [2.45, 2.75) is 25.9 Å². The number of furan rings is 1. The zero-order valence-corrected chi connectivity index (χ0v) is 15.2. The number of carbonyl (C=O) groups is 1. The Morgan fingerprint density at radius 3 is 3.00 bits per heavy atom. The average Bonchev–Trinajstić information content (AvgIpc) is 3.40. The van der Waals surface area contributed by atoms with E-state index in [1.165, 1.54) is 12.1 Å². The maximum atomic E-state index is 13.3. The highest BCUT2D eigenvalue weighted by Crippen LogP contribution is 2.20. The van der Waals surface area contributed by atoms with Gasteiger partial charge in [0.05, 0.1) is 12.3 Å². The van der Waals surface area contributed by atoms with Crippen molar-refractivity contribution in [1.82, 2.24) is 15.5 Å². The lowest BCUT2D eigenvalue weighted by Gasteiger charge is -2.08. The second-order valence-corrected chi connectivity index (χ2v) is 6.68. The number of oxime groups is 1. The van der Waals surface area contributed by atoms with Crippen LogP contribution in [0.15, 0.2) is 52.0 Å². The smallest absolute Gasteiger partial charge is 0.271 e. The van der Waals surface area contributed by atoms with Crippen molar-refractivity contribution >= 4 is 11.6 Å². The highest BCUT2D eigenvalue weighted by atomic mass is 19.1. The summed E-state index contributed by atoms with van der Waals surface area (Å²) in [6, 6.07) is 11.7. The van der Waals surface area contributed by atoms with Crippen LogP contribution in [0.4, 0.5) is 4.39 Å². The van der Waals surface area contributed by atoms with Gasteiger partial charge in [0.25, 0.3) is 5.91 Å². The van der Waals surface area contributed by atoms with Crippen molar-refractivity contribution in [1.29, 1.82) is 0 Å². The quantitative estimate of drug-likeness (QED) is 0.685. The second-order valence-electron chi connectivity index (χ2n) is 6.68. The molecule has 0 radical (unpaired) electrons. The van der Waals surface area contributed by atoms with Crippen molar-refractivity contribution in [3.8, 4) is 11.5 Å². The number of halogens is 1. The number of aryl methyl sites for hydroxylation is 1. The maximum absolute atomic E-state index is 13.3. The van der Waals surface area contributed by atoms with Crippen LogP contribution < -0.4 is 5.32 Å². The Bertz CT molecular complexity index is 1020. The lowest BCUT2D eigenvalue weighted by molar-refractivity contribution is 0.0751. The molecule has 3 aromatic rings. The van der Waals surface area contributed by atoms with Crippen molar-refractivity contribution < 1.29 is 18.4 Å². The summed E-state index contributed by atoms with van der Waals surface area (Å²) in [7, 11) is 0.